The molecule has 2 rings (SSSR count). The van der Waals surface area contributed by atoms with Crippen molar-refractivity contribution in [3.63, 3.8) is 0 Å². The number of likely N-dealkylation sites (tertiary alicyclic amines) is 1. The van der Waals surface area contributed by atoms with Crippen molar-refractivity contribution in [1.82, 2.24) is 4.90 Å². The zero-order valence-electron chi connectivity index (χ0n) is 10.8. The van der Waals surface area contributed by atoms with Crippen molar-refractivity contribution in [1.29, 1.82) is 0 Å². The molecule has 0 aliphatic carbocycles. The van der Waals surface area contributed by atoms with E-state index in [4.69, 9.17) is 28.3 Å². The quantitative estimate of drug-likeness (QED) is 0.879. The SMILES string of the molecule is CC1C(C(=O)O)CCN1C(=O)Nc1cc(Cl)cc(Cl)c1. The van der Waals surface area contributed by atoms with E-state index < -0.39 is 11.9 Å². The summed E-state index contributed by atoms with van der Waals surface area (Å²) in [6.07, 6.45) is 0.459. The molecule has 20 heavy (non-hydrogen) atoms. The summed E-state index contributed by atoms with van der Waals surface area (Å²) in [5, 5.41) is 12.6. The minimum absolute atomic E-state index is 0.345. The lowest BCUT2D eigenvalue weighted by atomic mass is 10.0. The molecule has 2 unspecified atom stereocenters. The number of anilines is 1. The molecular weight excluding hydrogens is 303 g/mol. The van der Waals surface area contributed by atoms with Crippen LogP contribution < -0.4 is 5.32 Å². The van der Waals surface area contributed by atoms with Crippen LogP contribution >= 0.6 is 23.2 Å². The van der Waals surface area contributed by atoms with Gasteiger partial charge >= 0.3 is 12.0 Å². The molecule has 2 amide bonds. The lowest BCUT2D eigenvalue weighted by molar-refractivity contribution is -0.142. The van der Waals surface area contributed by atoms with E-state index >= 15 is 0 Å². The highest BCUT2D eigenvalue weighted by Gasteiger charge is 2.38. The van der Waals surface area contributed by atoms with Crippen LogP contribution in [-0.2, 0) is 4.79 Å². The van der Waals surface area contributed by atoms with Gasteiger partial charge in [0.2, 0.25) is 0 Å². The van der Waals surface area contributed by atoms with Crippen molar-refractivity contribution >= 4 is 40.9 Å². The largest absolute Gasteiger partial charge is 0.481 e. The fourth-order valence-electron chi connectivity index (χ4n) is 2.38. The third-order valence-corrected chi connectivity index (χ3v) is 3.88. The number of urea groups is 1. The number of hydrogen-bond acceptors (Lipinski definition) is 2. The number of halogens is 2. The summed E-state index contributed by atoms with van der Waals surface area (Å²) in [5.74, 6) is -1.40. The molecule has 1 aromatic rings. The third-order valence-electron chi connectivity index (χ3n) is 3.45. The molecule has 1 aliphatic heterocycles. The van der Waals surface area contributed by atoms with Crippen LogP contribution in [0.5, 0.6) is 0 Å². The van der Waals surface area contributed by atoms with E-state index in [0.717, 1.165) is 0 Å². The Morgan fingerprint density at radius 2 is 1.90 bits per heavy atom. The van der Waals surface area contributed by atoms with Gasteiger partial charge in [0.25, 0.3) is 0 Å². The number of benzene rings is 1. The molecule has 2 N–H and O–H groups in total. The molecule has 1 fully saturated rings. The molecule has 0 bridgehead atoms. The second-order valence-electron chi connectivity index (χ2n) is 4.76. The molecular formula is C13H14Cl2N2O3. The van der Waals surface area contributed by atoms with Crippen molar-refractivity contribution in [2.24, 2.45) is 5.92 Å². The third kappa shape index (κ3) is 3.16. The molecule has 0 radical (unpaired) electrons. The van der Waals surface area contributed by atoms with Gasteiger partial charge in [-0.15, -0.1) is 0 Å². The predicted molar refractivity (Wildman–Crippen MR) is 77.4 cm³/mol. The van der Waals surface area contributed by atoms with Gasteiger partial charge in [-0.2, -0.15) is 0 Å². The smallest absolute Gasteiger partial charge is 0.322 e. The second-order valence-corrected chi connectivity index (χ2v) is 5.63. The normalized spacial score (nSPS) is 21.9. The molecule has 5 nitrogen and oxygen atoms in total. The minimum atomic E-state index is -0.876. The van der Waals surface area contributed by atoms with Crippen LogP contribution in [0.25, 0.3) is 0 Å². The highest BCUT2D eigenvalue weighted by atomic mass is 35.5. The molecule has 2 atom stereocenters. The average Bonchev–Trinajstić information content (AvgIpc) is 2.69. The Bertz CT molecular complexity index is 530. The number of carbonyl (C=O) groups is 2. The van der Waals surface area contributed by atoms with Gasteiger partial charge in [0.05, 0.1) is 5.92 Å². The Kier molecular flexibility index (Phi) is 4.40. The first kappa shape index (κ1) is 14.9. The number of hydrogen-bond donors (Lipinski definition) is 2. The first-order valence-electron chi connectivity index (χ1n) is 6.15. The Morgan fingerprint density at radius 1 is 1.30 bits per heavy atom. The highest BCUT2D eigenvalue weighted by molar-refractivity contribution is 6.35. The first-order chi connectivity index (χ1) is 9.38. The van der Waals surface area contributed by atoms with Gasteiger partial charge in [0, 0.05) is 28.3 Å². The number of rotatable bonds is 2. The molecule has 0 saturated carbocycles. The van der Waals surface area contributed by atoms with Crippen LogP contribution in [0.3, 0.4) is 0 Å². The topological polar surface area (TPSA) is 69.6 Å². The molecule has 1 aliphatic rings. The fourth-order valence-corrected chi connectivity index (χ4v) is 2.90. The fraction of sp³-hybridized carbons (Fsp3) is 0.385. The van der Waals surface area contributed by atoms with Gasteiger partial charge in [-0.25, -0.2) is 4.79 Å². The first-order valence-corrected chi connectivity index (χ1v) is 6.90. The van der Waals surface area contributed by atoms with Gasteiger partial charge < -0.3 is 15.3 Å². The molecule has 0 spiro atoms. The van der Waals surface area contributed by atoms with E-state index in [1.54, 1.807) is 25.1 Å². The van der Waals surface area contributed by atoms with E-state index in [9.17, 15) is 9.59 Å². The molecule has 0 aromatic heterocycles. The maximum absolute atomic E-state index is 12.2. The van der Waals surface area contributed by atoms with Gasteiger partial charge in [-0.1, -0.05) is 23.2 Å². The van der Waals surface area contributed by atoms with E-state index in [1.165, 1.54) is 4.90 Å². The monoisotopic (exact) mass is 316 g/mol. The Hall–Kier alpha value is -1.46. The molecule has 1 heterocycles. The van der Waals surface area contributed by atoms with Gasteiger partial charge in [-0.05, 0) is 31.5 Å². The number of carboxylic acids is 1. The summed E-state index contributed by atoms with van der Waals surface area (Å²) in [7, 11) is 0. The summed E-state index contributed by atoms with van der Waals surface area (Å²) in [5.41, 5.74) is 0.485. The number of carboxylic acid groups (broad SMARTS) is 1. The van der Waals surface area contributed by atoms with Crippen LogP contribution in [0.15, 0.2) is 18.2 Å². The lowest BCUT2D eigenvalue weighted by Crippen LogP contribution is -2.40. The lowest BCUT2D eigenvalue weighted by Gasteiger charge is -2.23. The van der Waals surface area contributed by atoms with Crippen molar-refractivity contribution in [3.8, 4) is 0 Å². The van der Waals surface area contributed by atoms with Crippen molar-refractivity contribution in [2.45, 2.75) is 19.4 Å². The van der Waals surface area contributed by atoms with Crippen molar-refractivity contribution < 1.29 is 14.7 Å². The van der Waals surface area contributed by atoms with E-state index in [1.807, 2.05) is 0 Å². The maximum atomic E-state index is 12.2. The highest BCUT2D eigenvalue weighted by Crippen LogP contribution is 2.26. The number of carbonyl (C=O) groups excluding carboxylic acids is 1. The van der Waals surface area contributed by atoms with Crippen molar-refractivity contribution in [3.05, 3.63) is 28.2 Å². The van der Waals surface area contributed by atoms with Crippen LogP contribution in [0.2, 0.25) is 10.0 Å². The minimum Gasteiger partial charge on any atom is -0.481 e. The number of nitrogens with one attached hydrogen (secondary N) is 1. The maximum Gasteiger partial charge on any atom is 0.322 e. The number of nitrogens with zero attached hydrogens (tertiary/aromatic N) is 1. The Morgan fingerprint density at radius 3 is 2.40 bits per heavy atom. The zero-order chi connectivity index (χ0) is 14.9. The van der Waals surface area contributed by atoms with Crippen molar-refractivity contribution in [2.75, 3.05) is 11.9 Å². The molecule has 108 valence electrons. The van der Waals surface area contributed by atoms with Gasteiger partial charge in [-0.3, -0.25) is 4.79 Å². The summed E-state index contributed by atoms with van der Waals surface area (Å²) < 4.78 is 0. The Labute approximate surface area is 126 Å². The number of aliphatic carboxylic acids is 1. The molecule has 1 saturated heterocycles. The standard InChI is InChI=1S/C13H14Cl2N2O3/c1-7-11(12(18)19)2-3-17(7)13(20)16-10-5-8(14)4-9(15)6-10/h4-7,11H,2-3H2,1H3,(H,16,20)(H,18,19). The molecule has 7 heteroatoms. The summed E-state index contributed by atoms with van der Waals surface area (Å²) in [4.78, 5) is 24.7. The van der Waals surface area contributed by atoms with E-state index in [0.29, 0.717) is 28.7 Å². The number of amides is 2. The Balaban J connectivity index is 2.07. The summed E-state index contributed by atoms with van der Waals surface area (Å²) in [6.45, 7) is 2.15. The van der Waals surface area contributed by atoms with Gasteiger partial charge in [0.15, 0.2) is 0 Å². The van der Waals surface area contributed by atoms with Crippen LogP contribution in [0, 0.1) is 5.92 Å². The van der Waals surface area contributed by atoms with E-state index in [2.05, 4.69) is 5.32 Å². The van der Waals surface area contributed by atoms with Gasteiger partial charge in [0.1, 0.15) is 0 Å². The average molecular weight is 317 g/mol. The molecule has 1 aromatic carbocycles. The summed E-state index contributed by atoms with van der Waals surface area (Å²) in [6, 6.07) is 4.04. The van der Waals surface area contributed by atoms with Crippen LogP contribution in [0.4, 0.5) is 10.5 Å². The summed E-state index contributed by atoms with van der Waals surface area (Å²) >= 11 is 11.7. The predicted octanol–water partition coefficient (Wildman–Crippen LogP) is 3.32. The van der Waals surface area contributed by atoms with Crippen LogP contribution in [-0.4, -0.2) is 34.6 Å². The second kappa shape index (κ2) is 5.89. The van der Waals surface area contributed by atoms with Crippen LogP contribution in [0.1, 0.15) is 13.3 Å². The van der Waals surface area contributed by atoms with E-state index in [-0.39, 0.29) is 12.1 Å². The zero-order valence-corrected chi connectivity index (χ0v) is 12.3.